The SMILES string of the molecule is F[B-]1(F)n2c(ccc2-c2cccs2)C=[N+]2[N+]1=Cc1ccc(-c3cccs3)n1[B-]2(F)F. The largest absolute Gasteiger partial charge is 0.789 e. The molecule has 0 unspecified atom stereocenters. The third-order valence-corrected chi connectivity index (χ3v) is 7.28. The molecule has 4 nitrogen and oxygen atoms in total. The van der Waals surface area contributed by atoms with Gasteiger partial charge in [-0.1, -0.05) is 12.1 Å². The fraction of sp³-hybridized carbons (Fsp3) is 0. The van der Waals surface area contributed by atoms with Crippen molar-refractivity contribution in [2.24, 2.45) is 0 Å². The lowest BCUT2D eigenvalue weighted by molar-refractivity contribution is -1.01. The average molecular weight is 446 g/mol. The molecule has 0 amide bonds. The highest BCUT2D eigenvalue weighted by atomic mass is 32.1. The number of halogens is 4. The van der Waals surface area contributed by atoms with Gasteiger partial charge >= 0.3 is 13.9 Å². The van der Waals surface area contributed by atoms with E-state index in [2.05, 4.69) is 0 Å². The van der Waals surface area contributed by atoms with Crippen molar-refractivity contribution in [2.45, 2.75) is 0 Å². The van der Waals surface area contributed by atoms with Crippen LogP contribution in [0.2, 0.25) is 0 Å². The fourth-order valence-electron chi connectivity index (χ4n) is 4.22. The van der Waals surface area contributed by atoms with Crippen LogP contribution in [0.3, 0.4) is 0 Å². The highest BCUT2D eigenvalue weighted by Gasteiger charge is 2.65. The topological polar surface area (TPSA) is 15.9 Å². The van der Waals surface area contributed by atoms with E-state index >= 15 is 17.3 Å². The van der Waals surface area contributed by atoms with Crippen LogP contribution < -0.4 is 0 Å². The van der Waals surface area contributed by atoms with Crippen LogP contribution in [-0.2, 0) is 0 Å². The highest BCUT2D eigenvalue weighted by molar-refractivity contribution is 7.13. The van der Waals surface area contributed by atoms with Crippen molar-refractivity contribution in [1.82, 2.24) is 8.96 Å². The first-order chi connectivity index (χ1) is 14.4. The van der Waals surface area contributed by atoms with Crippen molar-refractivity contribution in [3.05, 3.63) is 70.7 Å². The van der Waals surface area contributed by atoms with Gasteiger partial charge in [0, 0.05) is 21.1 Å². The zero-order valence-corrected chi connectivity index (χ0v) is 16.8. The minimum Gasteiger partial charge on any atom is -0.386 e. The van der Waals surface area contributed by atoms with Gasteiger partial charge in [0.05, 0.1) is 11.4 Å². The molecule has 0 aromatic carbocycles. The molecule has 0 spiro atoms. The van der Waals surface area contributed by atoms with E-state index in [1.807, 2.05) is 0 Å². The van der Waals surface area contributed by atoms with Crippen LogP contribution in [0.5, 0.6) is 0 Å². The normalized spacial score (nSPS) is 18.3. The Balaban J connectivity index is 1.60. The number of hydrogen-bond acceptors (Lipinski definition) is 2. The molecule has 0 saturated heterocycles. The highest BCUT2D eigenvalue weighted by Crippen LogP contribution is 2.37. The molecule has 0 radical (unpaired) electrons. The molecule has 0 saturated carbocycles. The van der Waals surface area contributed by atoms with E-state index in [1.54, 1.807) is 47.2 Å². The number of aromatic nitrogens is 2. The Hall–Kier alpha value is -2.85. The molecule has 30 heavy (non-hydrogen) atoms. The van der Waals surface area contributed by atoms with Crippen LogP contribution in [0.1, 0.15) is 11.4 Å². The van der Waals surface area contributed by atoms with Crippen LogP contribution in [-0.4, -0.2) is 44.5 Å². The maximum atomic E-state index is 15.7. The predicted octanol–water partition coefficient (Wildman–Crippen LogP) is 4.70. The summed E-state index contributed by atoms with van der Waals surface area (Å²) in [4.78, 5) is 1.31. The fourth-order valence-corrected chi connectivity index (χ4v) is 5.72. The summed E-state index contributed by atoms with van der Waals surface area (Å²) in [7, 11) is 0. The third-order valence-electron chi connectivity index (χ3n) is 5.50. The van der Waals surface area contributed by atoms with E-state index in [9.17, 15) is 0 Å². The molecule has 0 bridgehead atoms. The molecule has 12 heteroatoms. The van der Waals surface area contributed by atoms with Crippen LogP contribution in [0.15, 0.2) is 59.3 Å². The first-order valence-electron chi connectivity index (χ1n) is 9.21. The lowest BCUT2D eigenvalue weighted by Crippen LogP contribution is -2.66. The zero-order chi connectivity index (χ0) is 20.7. The van der Waals surface area contributed by atoms with Gasteiger partial charge in [0.25, 0.3) is 0 Å². The van der Waals surface area contributed by atoms with Crippen LogP contribution in [0.25, 0.3) is 21.1 Å². The van der Waals surface area contributed by atoms with Crippen molar-refractivity contribution >= 4 is 49.0 Å². The lowest BCUT2D eigenvalue weighted by Gasteiger charge is -2.35. The molecular weight excluding hydrogens is 434 g/mol. The molecule has 6 heterocycles. The summed E-state index contributed by atoms with van der Waals surface area (Å²) in [6.07, 6.45) is 2.21. The molecule has 4 aromatic rings. The smallest absolute Gasteiger partial charge is 0.386 e. The Bertz CT molecular complexity index is 1250. The summed E-state index contributed by atoms with van der Waals surface area (Å²) >= 11 is 2.65. The molecule has 6 rings (SSSR count). The summed E-state index contributed by atoms with van der Waals surface area (Å²) in [5.41, 5.74) is 0.710. The molecule has 150 valence electrons. The number of fused-ring (bicyclic) bond motifs is 3. The Labute approximate surface area is 176 Å². The minimum absolute atomic E-state index is 0.0443. The molecular formula is C18H12B2F4N4S2. The minimum atomic E-state index is -4.52. The van der Waals surface area contributed by atoms with E-state index in [0.717, 1.165) is 21.4 Å². The molecule has 2 aliphatic heterocycles. The Morgan fingerprint density at radius 3 is 1.43 bits per heavy atom. The maximum absolute atomic E-state index is 15.7. The number of hydrogen-bond donors (Lipinski definition) is 0. The number of nitrogens with zero attached hydrogens (tertiary/aromatic N) is 4. The molecule has 0 aliphatic carbocycles. The maximum Gasteiger partial charge on any atom is 0.789 e. The summed E-state index contributed by atoms with van der Waals surface area (Å²) in [5.74, 6) is 0. The van der Waals surface area contributed by atoms with Crippen LogP contribution in [0.4, 0.5) is 17.3 Å². The van der Waals surface area contributed by atoms with Crippen LogP contribution >= 0.6 is 22.7 Å². The van der Waals surface area contributed by atoms with Crippen molar-refractivity contribution in [2.75, 3.05) is 0 Å². The molecule has 2 aliphatic rings. The first kappa shape index (κ1) is 18.0. The second-order valence-corrected chi connectivity index (χ2v) is 9.07. The summed E-state index contributed by atoms with van der Waals surface area (Å²) in [6, 6.07) is 13.0. The van der Waals surface area contributed by atoms with Gasteiger partial charge in [0.1, 0.15) is 0 Å². The standard InChI is InChI=1S/C18H12B2F4N4S2/c21-19(22)25-12-14-6-8-16(18-4-2-10-30-18)28(14)20(23,24)26(25)11-13-5-7-15(27(13)19)17-3-1-9-29-17/h1-12H. The summed E-state index contributed by atoms with van der Waals surface area (Å²) in [5, 5.41) is 3.59. The van der Waals surface area contributed by atoms with E-state index in [4.69, 9.17) is 0 Å². The van der Waals surface area contributed by atoms with Crippen molar-refractivity contribution < 1.29 is 26.5 Å². The van der Waals surface area contributed by atoms with Crippen molar-refractivity contribution in [3.63, 3.8) is 0 Å². The molecule has 0 N–H and O–H groups in total. The average Bonchev–Trinajstić information content (AvgIpc) is 3.48. The van der Waals surface area contributed by atoms with E-state index < -0.39 is 13.9 Å². The van der Waals surface area contributed by atoms with Crippen LogP contribution in [0, 0.1) is 0 Å². The monoisotopic (exact) mass is 446 g/mol. The second kappa shape index (κ2) is 5.86. The quantitative estimate of drug-likeness (QED) is 0.314. The van der Waals surface area contributed by atoms with Gasteiger partial charge in [-0.05, 0) is 47.2 Å². The third kappa shape index (κ3) is 2.23. The van der Waals surface area contributed by atoms with Gasteiger partial charge in [0.15, 0.2) is 12.4 Å². The van der Waals surface area contributed by atoms with E-state index in [0.29, 0.717) is 30.3 Å². The lowest BCUT2D eigenvalue weighted by atomic mass is 9.88. The molecule has 4 aromatic heterocycles. The van der Waals surface area contributed by atoms with Gasteiger partial charge in [-0.25, -0.2) is 0 Å². The van der Waals surface area contributed by atoms with Gasteiger partial charge in [0.2, 0.25) is 0 Å². The number of thiophene rings is 2. The molecule has 0 atom stereocenters. The first-order valence-corrected chi connectivity index (χ1v) is 11.0. The van der Waals surface area contributed by atoms with Gasteiger partial charge in [-0.15, -0.1) is 31.9 Å². The zero-order valence-electron chi connectivity index (χ0n) is 15.2. The second-order valence-electron chi connectivity index (χ2n) is 7.18. The van der Waals surface area contributed by atoms with E-state index in [-0.39, 0.29) is 11.4 Å². The number of rotatable bonds is 2. The molecule has 0 fully saturated rings. The van der Waals surface area contributed by atoms with E-state index in [1.165, 1.54) is 34.8 Å². The van der Waals surface area contributed by atoms with Gasteiger partial charge in [-0.2, -0.15) is 0 Å². The number of hydrazone groups is 2. The van der Waals surface area contributed by atoms with Crippen molar-refractivity contribution in [1.29, 1.82) is 0 Å². The van der Waals surface area contributed by atoms with Gasteiger partial charge in [-0.3, -0.25) is 0 Å². The predicted molar refractivity (Wildman–Crippen MR) is 113 cm³/mol. The Kier molecular flexibility index (Phi) is 3.51. The Morgan fingerprint density at radius 1 is 0.633 bits per heavy atom. The van der Waals surface area contributed by atoms with Crippen molar-refractivity contribution in [3.8, 4) is 21.1 Å². The number of hydrazine groups is 1. The summed E-state index contributed by atoms with van der Waals surface area (Å²) in [6.45, 7) is -9.05. The Morgan fingerprint density at radius 2 is 1.07 bits per heavy atom. The van der Waals surface area contributed by atoms with Gasteiger partial charge < -0.3 is 26.2 Å². The summed E-state index contributed by atoms with van der Waals surface area (Å²) < 4.78 is 65.2.